The second-order valence-electron chi connectivity index (χ2n) is 5.18. The molecule has 98 valence electrons. The van der Waals surface area contributed by atoms with Crippen molar-refractivity contribution in [3.05, 3.63) is 0 Å². The number of carboxylic acid groups (broad SMARTS) is 1. The summed E-state index contributed by atoms with van der Waals surface area (Å²) >= 11 is 0. The largest absolute Gasteiger partial charge is 0.481 e. The van der Waals surface area contributed by atoms with Crippen LogP contribution in [0.3, 0.4) is 0 Å². The molecule has 0 aromatic rings. The van der Waals surface area contributed by atoms with Gasteiger partial charge >= 0.3 is 5.97 Å². The fourth-order valence-electron chi connectivity index (χ4n) is 1.99. The van der Waals surface area contributed by atoms with E-state index in [2.05, 4.69) is 5.32 Å². The lowest BCUT2D eigenvalue weighted by atomic mass is 9.95. The number of carboxylic acids is 1. The van der Waals surface area contributed by atoms with Crippen LogP contribution >= 0.6 is 0 Å². The lowest BCUT2D eigenvalue weighted by Crippen LogP contribution is -2.54. The topological polar surface area (TPSA) is 92.4 Å². The average Bonchev–Trinajstić information content (AvgIpc) is 2.98. The Morgan fingerprint density at radius 2 is 2.12 bits per heavy atom. The third-order valence-corrected chi connectivity index (χ3v) is 3.19. The Balaban J connectivity index is 2.54. The summed E-state index contributed by atoms with van der Waals surface area (Å²) in [4.78, 5) is 22.7. The van der Waals surface area contributed by atoms with Crippen LogP contribution in [0.2, 0.25) is 0 Å². The van der Waals surface area contributed by atoms with Crippen LogP contribution in [0.1, 0.15) is 46.0 Å². The van der Waals surface area contributed by atoms with E-state index in [1.165, 1.54) is 0 Å². The van der Waals surface area contributed by atoms with E-state index in [1.54, 1.807) is 6.92 Å². The first-order valence-electron chi connectivity index (χ1n) is 6.18. The second kappa shape index (κ2) is 5.49. The number of carbonyl (C=O) groups excluding carboxylic acids is 1. The first-order valence-corrected chi connectivity index (χ1v) is 6.18. The molecule has 1 aliphatic carbocycles. The van der Waals surface area contributed by atoms with Gasteiger partial charge in [-0.3, -0.25) is 9.59 Å². The van der Waals surface area contributed by atoms with Crippen LogP contribution in [0.15, 0.2) is 0 Å². The number of nitrogens with one attached hydrogen (secondary N) is 1. The van der Waals surface area contributed by atoms with Gasteiger partial charge in [0.2, 0.25) is 5.91 Å². The summed E-state index contributed by atoms with van der Waals surface area (Å²) in [5, 5.41) is 11.6. The first kappa shape index (κ1) is 14.0. The molecule has 0 heterocycles. The maximum atomic E-state index is 11.9. The number of nitrogens with two attached hydrogens (primary N) is 1. The van der Waals surface area contributed by atoms with Gasteiger partial charge < -0.3 is 16.2 Å². The van der Waals surface area contributed by atoms with Gasteiger partial charge in [-0.05, 0) is 32.1 Å². The highest BCUT2D eigenvalue weighted by molar-refractivity contribution is 5.86. The summed E-state index contributed by atoms with van der Waals surface area (Å²) in [6, 6.07) is -0.264. The molecule has 0 saturated heterocycles. The van der Waals surface area contributed by atoms with Gasteiger partial charge in [0.1, 0.15) is 0 Å². The molecule has 1 saturated carbocycles. The minimum atomic E-state index is -0.902. The smallest absolute Gasteiger partial charge is 0.305 e. The third kappa shape index (κ3) is 4.34. The molecule has 0 bridgehead atoms. The summed E-state index contributed by atoms with van der Waals surface area (Å²) in [5.74, 6) is -0.804. The molecule has 5 nitrogen and oxygen atoms in total. The molecular weight excluding hydrogens is 220 g/mol. The van der Waals surface area contributed by atoms with E-state index in [1.807, 2.05) is 6.92 Å². The first-order chi connectivity index (χ1) is 7.86. The predicted molar refractivity (Wildman–Crippen MR) is 64.4 cm³/mol. The van der Waals surface area contributed by atoms with E-state index in [-0.39, 0.29) is 18.4 Å². The Morgan fingerprint density at radius 1 is 1.53 bits per heavy atom. The minimum absolute atomic E-state index is 0.0153. The van der Waals surface area contributed by atoms with Crippen LogP contribution in [-0.4, -0.2) is 28.6 Å². The molecule has 4 N–H and O–H groups in total. The van der Waals surface area contributed by atoms with Crippen LogP contribution in [0.5, 0.6) is 0 Å². The summed E-state index contributed by atoms with van der Waals surface area (Å²) in [6.07, 6.45) is 3.40. The Morgan fingerprint density at radius 3 is 2.53 bits per heavy atom. The SMILES string of the molecule is CCCC(C)(N)C(=O)NC(CC(=O)O)C1CC1. The lowest BCUT2D eigenvalue weighted by Gasteiger charge is -2.26. The molecule has 1 fully saturated rings. The molecule has 1 rings (SSSR count). The van der Waals surface area contributed by atoms with E-state index in [0.29, 0.717) is 12.3 Å². The molecule has 0 aromatic carbocycles. The Bertz CT molecular complexity index is 298. The molecule has 0 radical (unpaired) electrons. The van der Waals surface area contributed by atoms with Gasteiger partial charge in [0, 0.05) is 6.04 Å². The molecular formula is C12H22N2O3. The predicted octanol–water partition coefficient (Wildman–Crippen LogP) is 0.873. The summed E-state index contributed by atoms with van der Waals surface area (Å²) in [7, 11) is 0. The van der Waals surface area contributed by atoms with Gasteiger partial charge in [0.15, 0.2) is 0 Å². The second-order valence-corrected chi connectivity index (χ2v) is 5.18. The van der Waals surface area contributed by atoms with Crippen molar-refractivity contribution >= 4 is 11.9 Å². The molecule has 2 atom stereocenters. The fraction of sp³-hybridized carbons (Fsp3) is 0.833. The Hall–Kier alpha value is -1.10. The van der Waals surface area contributed by atoms with Crippen molar-refractivity contribution in [2.45, 2.75) is 57.5 Å². The number of aliphatic carboxylic acids is 1. The van der Waals surface area contributed by atoms with Crippen molar-refractivity contribution in [3.8, 4) is 0 Å². The quantitative estimate of drug-likeness (QED) is 0.617. The number of hydrogen-bond donors (Lipinski definition) is 3. The summed E-state index contributed by atoms with van der Waals surface area (Å²) in [5.41, 5.74) is 5.01. The zero-order valence-corrected chi connectivity index (χ0v) is 10.5. The van der Waals surface area contributed by atoms with Crippen molar-refractivity contribution < 1.29 is 14.7 Å². The summed E-state index contributed by atoms with van der Waals surface area (Å²) < 4.78 is 0. The van der Waals surface area contributed by atoms with E-state index < -0.39 is 11.5 Å². The van der Waals surface area contributed by atoms with Crippen molar-refractivity contribution in [2.24, 2.45) is 11.7 Å². The van der Waals surface area contributed by atoms with Gasteiger partial charge in [0.25, 0.3) is 0 Å². The zero-order valence-electron chi connectivity index (χ0n) is 10.5. The van der Waals surface area contributed by atoms with Crippen molar-refractivity contribution in [3.63, 3.8) is 0 Å². The van der Waals surface area contributed by atoms with Crippen LogP contribution < -0.4 is 11.1 Å². The highest BCUT2D eigenvalue weighted by Crippen LogP contribution is 2.34. The lowest BCUT2D eigenvalue weighted by molar-refractivity contribution is -0.138. The average molecular weight is 242 g/mol. The summed E-state index contributed by atoms with van der Waals surface area (Å²) in [6.45, 7) is 3.66. The van der Waals surface area contributed by atoms with Crippen LogP contribution in [-0.2, 0) is 9.59 Å². The normalized spacial score (nSPS) is 20.4. The van der Waals surface area contributed by atoms with E-state index in [9.17, 15) is 9.59 Å². The molecule has 0 aliphatic heterocycles. The molecule has 1 aliphatic rings. The Labute approximate surface area is 102 Å². The van der Waals surface area contributed by atoms with Crippen LogP contribution in [0, 0.1) is 5.92 Å². The number of rotatable bonds is 7. The maximum absolute atomic E-state index is 11.9. The van der Waals surface area contributed by atoms with E-state index >= 15 is 0 Å². The highest BCUT2D eigenvalue weighted by atomic mass is 16.4. The van der Waals surface area contributed by atoms with Gasteiger partial charge in [-0.15, -0.1) is 0 Å². The molecule has 17 heavy (non-hydrogen) atoms. The van der Waals surface area contributed by atoms with Crippen LogP contribution in [0.25, 0.3) is 0 Å². The standard InChI is InChI=1S/C12H22N2O3/c1-3-6-12(2,13)11(17)14-9(7-10(15)16)8-4-5-8/h8-9H,3-7,13H2,1-2H3,(H,14,17)(H,15,16). The number of amides is 1. The molecule has 2 unspecified atom stereocenters. The van der Waals surface area contributed by atoms with Crippen LogP contribution in [0.4, 0.5) is 0 Å². The minimum Gasteiger partial charge on any atom is -0.481 e. The molecule has 5 heteroatoms. The highest BCUT2D eigenvalue weighted by Gasteiger charge is 2.36. The zero-order chi connectivity index (χ0) is 13.1. The monoisotopic (exact) mass is 242 g/mol. The van der Waals surface area contributed by atoms with E-state index in [0.717, 1.165) is 19.3 Å². The third-order valence-electron chi connectivity index (χ3n) is 3.19. The van der Waals surface area contributed by atoms with Gasteiger partial charge in [-0.1, -0.05) is 13.3 Å². The van der Waals surface area contributed by atoms with Gasteiger partial charge in [-0.25, -0.2) is 0 Å². The van der Waals surface area contributed by atoms with Crippen molar-refractivity contribution in [1.29, 1.82) is 0 Å². The van der Waals surface area contributed by atoms with Gasteiger partial charge in [-0.2, -0.15) is 0 Å². The van der Waals surface area contributed by atoms with E-state index in [4.69, 9.17) is 10.8 Å². The number of carbonyl (C=O) groups is 2. The molecule has 1 amide bonds. The Kier molecular flexibility index (Phi) is 4.51. The molecule has 0 spiro atoms. The fourth-order valence-corrected chi connectivity index (χ4v) is 1.99. The maximum Gasteiger partial charge on any atom is 0.305 e. The van der Waals surface area contributed by atoms with Crippen molar-refractivity contribution in [2.75, 3.05) is 0 Å². The van der Waals surface area contributed by atoms with Gasteiger partial charge in [0.05, 0.1) is 12.0 Å². The molecule has 0 aromatic heterocycles. The number of hydrogen-bond acceptors (Lipinski definition) is 3. The van der Waals surface area contributed by atoms with Crippen molar-refractivity contribution in [1.82, 2.24) is 5.32 Å².